The minimum Gasteiger partial charge on any atom is -0.328 e. The Hall–Kier alpha value is -1.62. The van der Waals surface area contributed by atoms with Gasteiger partial charge in [-0.1, -0.05) is 6.92 Å². The molecule has 1 saturated carbocycles. The molecule has 0 bridgehead atoms. The van der Waals surface area contributed by atoms with E-state index in [0.29, 0.717) is 6.04 Å². The SMILES string of the molecule is CCc1cc(Cn2ccnc2CNC2CC2)n(CC)n1. The fraction of sp³-hybridized carbons (Fsp3) is 0.600. The zero-order chi connectivity index (χ0) is 13.9. The number of imidazole rings is 1. The molecule has 2 heterocycles. The molecule has 0 unspecified atom stereocenters. The van der Waals surface area contributed by atoms with E-state index in [1.165, 1.54) is 24.2 Å². The average molecular weight is 273 g/mol. The summed E-state index contributed by atoms with van der Waals surface area (Å²) in [4.78, 5) is 4.47. The van der Waals surface area contributed by atoms with E-state index in [4.69, 9.17) is 0 Å². The van der Waals surface area contributed by atoms with Gasteiger partial charge in [-0.2, -0.15) is 5.10 Å². The van der Waals surface area contributed by atoms with Gasteiger partial charge in [0.2, 0.25) is 0 Å². The first-order valence-corrected chi connectivity index (χ1v) is 7.59. The van der Waals surface area contributed by atoms with Gasteiger partial charge in [0.05, 0.1) is 24.5 Å². The van der Waals surface area contributed by atoms with Crippen LogP contribution in [0.15, 0.2) is 18.5 Å². The van der Waals surface area contributed by atoms with Crippen molar-refractivity contribution in [1.29, 1.82) is 0 Å². The number of hydrogen-bond donors (Lipinski definition) is 1. The second-order valence-electron chi connectivity index (χ2n) is 5.42. The van der Waals surface area contributed by atoms with Gasteiger partial charge in [0.15, 0.2) is 0 Å². The summed E-state index contributed by atoms with van der Waals surface area (Å²) in [6, 6.07) is 2.93. The van der Waals surface area contributed by atoms with Crippen LogP contribution in [0.3, 0.4) is 0 Å². The molecule has 1 aliphatic carbocycles. The van der Waals surface area contributed by atoms with Crippen LogP contribution in [0.2, 0.25) is 0 Å². The number of nitrogens with zero attached hydrogens (tertiary/aromatic N) is 4. The lowest BCUT2D eigenvalue weighted by Crippen LogP contribution is -2.19. The van der Waals surface area contributed by atoms with Gasteiger partial charge in [0.25, 0.3) is 0 Å². The monoisotopic (exact) mass is 273 g/mol. The molecule has 2 aromatic rings. The maximum Gasteiger partial charge on any atom is 0.123 e. The van der Waals surface area contributed by atoms with Crippen LogP contribution in [0.25, 0.3) is 0 Å². The highest BCUT2D eigenvalue weighted by Crippen LogP contribution is 2.19. The molecule has 2 aromatic heterocycles. The van der Waals surface area contributed by atoms with Gasteiger partial charge in [-0.15, -0.1) is 0 Å². The van der Waals surface area contributed by atoms with Gasteiger partial charge in [-0.05, 0) is 32.3 Å². The Labute approximate surface area is 120 Å². The highest BCUT2D eigenvalue weighted by Gasteiger charge is 2.20. The molecule has 1 N–H and O–H groups in total. The molecule has 0 saturated heterocycles. The van der Waals surface area contributed by atoms with Gasteiger partial charge in [-0.3, -0.25) is 4.68 Å². The number of aromatic nitrogens is 4. The summed E-state index contributed by atoms with van der Waals surface area (Å²) in [5.41, 5.74) is 2.43. The van der Waals surface area contributed by atoms with E-state index in [1.54, 1.807) is 0 Å². The predicted octanol–water partition coefficient (Wildman–Crippen LogP) is 1.96. The second-order valence-corrected chi connectivity index (χ2v) is 5.42. The Morgan fingerprint density at radius 3 is 2.90 bits per heavy atom. The van der Waals surface area contributed by atoms with Crippen LogP contribution < -0.4 is 5.32 Å². The minimum atomic E-state index is 0.716. The summed E-state index contributed by atoms with van der Waals surface area (Å²) in [5.74, 6) is 1.11. The van der Waals surface area contributed by atoms with Crippen LogP contribution in [-0.4, -0.2) is 25.4 Å². The van der Waals surface area contributed by atoms with Gasteiger partial charge < -0.3 is 9.88 Å². The summed E-state index contributed by atoms with van der Waals surface area (Å²) in [7, 11) is 0. The molecular weight excluding hydrogens is 250 g/mol. The van der Waals surface area contributed by atoms with Gasteiger partial charge >= 0.3 is 0 Å². The van der Waals surface area contributed by atoms with E-state index in [1.807, 2.05) is 6.20 Å². The van der Waals surface area contributed by atoms with Crippen LogP contribution in [-0.2, 0) is 26.1 Å². The summed E-state index contributed by atoms with van der Waals surface area (Å²) in [6.45, 7) is 6.91. The van der Waals surface area contributed by atoms with E-state index < -0.39 is 0 Å². The second kappa shape index (κ2) is 5.79. The summed E-state index contributed by atoms with van der Waals surface area (Å²) >= 11 is 0. The lowest BCUT2D eigenvalue weighted by molar-refractivity contribution is 0.571. The van der Waals surface area contributed by atoms with Gasteiger partial charge in [0, 0.05) is 25.0 Å². The normalized spacial score (nSPS) is 14.9. The maximum atomic E-state index is 4.61. The molecule has 0 atom stereocenters. The Kier molecular flexibility index (Phi) is 3.87. The number of rotatable bonds is 7. The first kappa shape index (κ1) is 13.4. The Morgan fingerprint density at radius 2 is 2.20 bits per heavy atom. The molecule has 1 aliphatic rings. The van der Waals surface area contributed by atoms with Gasteiger partial charge in [0.1, 0.15) is 5.82 Å². The van der Waals surface area contributed by atoms with Crippen molar-refractivity contribution in [2.75, 3.05) is 0 Å². The van der Waals surface area contributed by atoms with Crippen molar-refractivity contribution >= 4 is 0 Å². The van der Waals surface area contributed by atoms with Crippen LogP contribution in [0.5, 0.6) is 0 Å². The van der Waals surface area contributed by atoms with Crippen LogP contribution in [0, 0.1) is 0 Å². The first-order chi connectivity index (χ1) is 9.80. The van der Waals surface area contributed by atoms with E-state index in [0.717, 1.165) is 31.9 Å². The van der Waals surface area contributed by atoms with Crippen molar-refractivity contribution in [1.82, 2.24) is 24.6 Å². The molecule has 5 nitrogen and oxygen atoms in total. The van der Waals surface area contributed by atoms with Crippen LogP contribution in [0.1, 0.15) is 43.9 Å². The third kappa shape index (κ3) is 2.93. The van der Waals surface area contributed by atoms with Crippen molar-refractivity contribution in [3.63, 3.8) is 0 Å². The molecule has 5 heteroatoms. The molecular formula is C15H23N5. The smallest absolute Gasteiger partial charge is 0.123 e. The quantitative estimate of drug-likeness (QED) is 0.839. The topological polar surface area (TPSA) is 47.7 Å². The molecule has 0 amide bonds. The molecule has 1 fully saturated rings. The summed E-state index contributed by atoms with van der Waals surface area (Å²) in [5, 5.41) is 8.13. The molecule has 0 aliphatic heterocycles. The van der Waals surface area contributed by atoms with Crippen LogP contribution in [0.4, 0.5) is 0 Å². The largest absolute Gasteiger partial charge is 0.328 e. The third-order valence-electron chi connectivity index (χ3n) is 3.84. The van der Waals surface area contributed by atoms with Crippen molar-refractivity contribution in [2.24, 2.45) is 0 Å². The van der Waals surface area contributed by atoms with Crippen LogP contribution >= 0.6 is 0 Å². The van der Waals surface area contributed by atoms with E-state index in [2.05, 4.69) is 50.8 Å². The van der Waals surface area contributed by atoms with E-state index in [-0.39, 0.29) is 0 Å². The Bertz CT molecular complexity index is 565. The van der Waals surface area contributed by atoms with Crippen molar-refractivity contribution in [2.45, 2.75) is 58.8 Å². The standard InChI is InChI=1S/C15H23N5/c1-3-12-9-14(20(4-2)18-12)11-19-8-7-16-15(19)10-17-13-5-6-13/h7-9,13,17H,3-6,10-11H2,1-2H3. The van der Waals surface area contributed by atoms with E-state index >= 15 is 0 Å². The highest BCUT2D eigenvalue weighted by molar-refractivity contribution is 5.12. The number of hydrogen-bond acceptors (Lipinski definition) is 3. The van der Waals surface area contributed by atoms with Crippen molar-refractivity contribution < 1.29 is 0 Å². The fourth-order valence-electron chi connectivity index (χ4n) is 2.44. The van der Waals surface area contributed by atoms with Gasteiger partial charge in [-0.25, -0.2) is 4.98 Å². The van der Waals surface area contributed by atoms with Crippen molar-refractivity contribution in [3.05, 3.63) is 35.7 Å². The predicted molar refractivity (Wildman–Crippen MR) is 78.5 cm³/mol. The first-order valence-electron chi connectivity index (χ1n) is 7.59. The molecule has 20 heavy (non-hydrogen) atoms. The number of nitrogens with one attached hydrogen (secondary N) is 1. The van der Waals surface area contributed by atoms with E-state index in [9.17, 15) is 0 Å². The molecule has 0 spiro atoms. The number of aryl methyl sites for hydroxylation is 2. The summed E-state index contributed by atoms with van der Waals surface area (Å²) < 4.78 is 4.31. The summed E-state index contributed by atoms with van der Waals surface area (Å²) in [6.07, 6.45) is 7.55. The highest BCUT2D eigenvalue weighted by atomic mass is 15.3. The third-order valence-corrected chi connectivity index (χ3v) is 3.84. The minimum absolute atomic E-state index is 0.716. The Balaban J connectivity index is 1.73. The lowest BCUT2D eigenvalue weighted by atomic mass is 10.3. The molecule has 0 aromatic carbocycles. The lowest BCUT2D eigenvalue weighted by Gasteiger charge is -2.09. The molecule has 3 rings (SSSR count). The zero-order valence-electron chi connectivity index (χ0n) is 12.3. The van der Waals surface area contributed by atoms with Crippen molar-refractivity contribution in [3.8, 4) is 0 Å². The fourth-order valence-corrected chi connectivity index (χ4v) is 2.44. The molecule has 108 valence electrons. The zero-order valence-corrected chi connectivity index (χ0v) is 12.3. The Morgan fingerprint density at radius 1 is 1.35 bits per heavy atom. The molecule has 0 radical (unpaired) electrons. The average Bonchev–Trinajstić information content (AvgIpc) is 3.05. The maximum absolute atomic E-state index is 4.61.